The van der Waals surface area contributed by atoms with Crippen LogP contribution in [0.15, 0.2) is 0 Å². The van der Waals surface area contributed by atoms with Gasteiger partial charge < -0.3 is 15.8 Å². The third kappa shape index (κ3) is 3.32. The molecule has 1 fully saturated rings. The smallest absolute Gasteiger partial charge is 0.223 e. The molecule has 13 heavy (non-hydrogen) atoms. The normalized spacial score (nSPS) is 21.1. The number of nitrogens with one attached hydrogen (secondary N) is 1. The number of hydrogen-bond donors (Lipinski definition) is 2. The van der Waals surface area contributed by atoms with E-state index in [0.717, 1.165) is 12.8 Å². The van der Waals surface area contributed by atoms with Crippen molar-refractivity contribution in [1.29, 1.82) is 0 Å². The summed E-state index contributed by atoms with van der Waals surface area (Å²) in [6, 6.07) is 0.0790. The molecule has 1 heterocycles. The van der Waals surface area contributed by atoms with Crippen LogP contribution in [0.1, 0.15) is 19.8 Å². The van der Waals surface area contributed by atoms with Crippen LogP contribution in [0.2, 0.25) is 0 Å². The second kappa shape index (κ2) is 5.19. The summed E-state index contributed by atoms with van der Waals surface area (Å²) in [5.74, 6) is 0.254. The summed E-state index contributed by atoms with van der Waals surface area (Å²) in [5, 5.41) is 2.88. The highest BCUT2D eigenvalue weighted by Crippen LogP contribution is 2.14. The molecule has 1 aliphatic heterocycles. The van der Waals surface area contributed by atoms with E-state index >= 15 is 0 Å². The van der Waals surface area contributed by atoms with Crippen molar-refractivity contribution in [2.24, 2.45) is 11.7 Å². The molecule has 1 rings (SSSR count). The monoisotopic (exact) mass is 186 g/mol. The van der Waals surface area contributed by atoms with Gasteiger partial charge in [-0.1, -0.05) is 0 Å². The fourth-order valence-corrected chi connectivity index (χ4v) is 1.38. The Kier molecular flexibility index (Phi) is 4.18. The van der Waals surface area contributed by atoms with Crippen molar-refractivity contribution < 1.29 is 9.53 Å². The van der Waals surface area contributed by atoms with Crippen molar-refractivity contribution in [2.75, 3.05) is 19.8 Å². The number of carbonyl (C=O) groups is 1. The Bertz CT molecular complexity index is 167. The van der Waals surface area contributed by atoms with E-state index in [1.807, 2.05) is 6.92 Å². The maximum atomic E-state index is 11.5. The van der Waals surface area contributed by atoms with Crippen LogP contribution in [-0.2, 0) is 9.53 Å². The van der Waals surface area contributed by atoms with Gasteiger partial charge in [0, 0.05) is 31.7 Å². The van der Waals surface area contributed by atoms with Gasteiger partial charge in [-0.15, -0.1) is 0 Å². The van der Waals surface area contributed by atoms with Crippen LogP contribution in [-0.4, -0.2) is 31.7 Å². The molecule has 0 aromatic rings. The molecule has 0 unspecified atom stereocenters. The molecule has 4 heteroatoms. The Balaban J connectivity index is 2.29. The number of carbonyl (C=O) groups excluding carboxylic acids is 1. The molecule has 1 atom stereocenters. The summed E-state index contributed by atoms with van der Waals surface area (Å²) in [7, 11) is 0. The van der Waals surface area contributed by atoms with Crippen LogP contribution in [0.3, 0.4) is 0 Å². The number of amides is 1. The van der Waals surface area contributed by atoms with E-state index in [9.17, 15) is 4.79 Å². The zero-order valence-corrected chi connectivity index (χ0v) is 8.08. The van der Waals surface area contributed by atoms with Crippen molar-refractivity contribution in [1.82, 2.24) is 5.32 Å². The molecule has 0 aromatic carbocycles. The van der Waals surface area contributed by atoms with Crippen LogP contribution in [0, 0.1) is 5.92 Å². The molecule has 1 amide bonds. The number of hydrogen-bond acceptors (Lipinski definition) is 3. The van der Waals surface area contributed by atoms with Crippen LogP contribution in [0.25, 0.3) is 0 Å². The minimum atomic E-state index is 0.0790. The molecule has 0 aliphatic carbocycles. The predicted molar refractivity (Wildman–Crippen MR) is 50.2 cm³/mol. The molecule has 1 aliphatic rings. The van der Waals surface area contributed by atoms with Gasteiger partial charge in [-0.05, 0) is 19.8 Å². The van der Waals surface area contributed by atoms with Gasteiger partial charge in [-0.2, -0.15) is 0 Å². The molecule has 0 aromatic heterocycles. The zero-order valence-electron chi connectivity index (χ0n) is 8.08. The van der Waals surface area contributed by atoms with Crippen molar-refractivity contribution >= 4 is 5.91 Å². The number of rotatable bonds is 3. The topological polar surface area (TPSA) is 64.3 Å². The first-order valence-electron chi connectivity index (χ1n) is 4.82. The molecular formula is C9H18N2O2. The maximum absolute atomic E-state index is 11.5. The lowest BCUT2D eigenvalue weighted by atomic mass is 9.99. The average Bonchev–Trinajstić information content (AvgIpc) is 2.19. The average molecular weight is 186 g/mol. The van der Waals surface area contributed by atoms with E-state index in [4.69, 9.17) is 10.5 Å². The summed E-state index contributed by atoms with van der Waals surface area (Å²) >= 11 is 0. The van der Waals surface area contributed by atoms with Gasteiger partial charge in [0.25, 0.3) is 0 Å². The van der Waals surface area contributed by atoms with Crippen molar-refractivity contribution in [3.8, 4) is 0 Å². The van der Waals surface area contributed by atoms with E-state index in [0.29, 0.717) is 19.8 Å². The molecule has 76 valence electrons. The van der Waals surface area contributed by atoms with Crippen LogP contribution >= 0.6 is 0 Å². The first-order chi connectivity index (χ1) is 6.24. The van der Waals surface area contributed by atoms with E-state index in [1.54, 1.807) is 0 Å². The Morgan fingerprint density at radius 2 is 2.23 bits per heavy atom. The standard InChI is InChI=1S/C9H18N2O2/c1-7(6-10)11-9(12)8-2-4-13-5-3-8/h7-8H,2-6,10H2,1H3,(H,11,12)/t7-/m1/s1. The second-order valence-corrected chi connectivity index (χ2v) is 3.53. The van der Waals surface area contributed by atoms with Gasteiger partial charge in [0.05, 0.1) is 0 Å². The summed E-state index contributed by atoms with van der Waals surface area (Å²) in [4.78, 5) is 11.5. The van der Waals surface area contributed by atoms with E-state index in [2.05, 4.69) is 5.32 Å². The fraction of sp³-hybridized carbons (Fsp3) is 0.889. The third-order valence-electron chi connectivity index (χ3n) is 2.33. The minimum absolute atomic E-state index is 0.0790. The molecule has 0 spiro atoms. The quantitative estimate of drug-likeness (QED) is 0.645. The highest BCUT2D eigenvalue weighted by molar-refractivity contribution is 5.78. The van der Waals surface area contributed by atoms with Crippen molar-refractivity contribution in [3.05, 3.63) is 0 Å². The fourth-order valence-electron chi connectivity index (χ4n) is 1.38. The first kappa shape index (κ1) is 10.5. The highest BCUT2D eigenvalue weighted by atomic mass is 16.5. The number of ether oxygens (including phenoxy) is 1. The van der Waals surface area contributed by atoms with Gasteiger partial charge >= 0.3 is 0 Å². The third-order valence-corrected chi connectivity index (χ3v) is 2.33. The van der Waals surface area contributed by atoms with E-state index in [-0.39, 0.29) is 17.9 Å². The van der Waals surface area contributed by atoms with E-state index in [1.165, 1.54) is 0 Å². The van der Waals surface area contributed by atoms with Crippen LogP contribution in [0.4, 0.5) is 0 Å². The SMILES string of the molecule is C[C@H](CN)NC(=O)C1CCOCC1. The number of nitrogens with two attached hydrogens (primary N) is 1. The molecule has 0 bridgehead atoms. The summed E-state index contributed by atoms with van der Waals surface area (Å²) < 4.78 is 5.18. The van der Waals surface area contributed by atoms with Crippen LogP contribution < -0.4 is 11.1 Å². The zero-order chi connectivity index (χ0) is 9.68. The van der Waals surface area contributed by atoms with Gasteiger partial charge in [-0.25, -0.2) is 0 Å². The lowest BCUT2D eigenvalue weighted by Crippen LogP contribution is -2.42. The van der Waals surface area contributed by atoms with Crippen molar-refractivity contribution in [2.45, 2.75) is 25.8 Å². The maximum Gasteiger partial charge on any atom is 0.223 e. The Morgan fingerprint density at radius 1 is 1.62 bits per heavy atom. The molecular weight excluding hydrogens is 168 g/mol. The summed E-state index contributed by atoms with van der Waals surface area (Å²) in [6.45, 7) is 3.82. The minimum Gasteiger partial charge on any atom is -0.381 e. The molecule has 0 radical (unpaired) electrons. The van der Waals surface area contributed by atoms with Crippen molar-refractivity contribution in [3.63, 3.8) is 0 Å². The lowest BCUT2D eigenvalue weighted by Gasteiger charge is -2.22. The second-order valence-electron chi connectivity index (χ2n) is 3.53. The summed E-state index contributed by atoms with van der Waals surface area (Å²) in [5.41, 5.74) is 5.41. The Labute approximate surface area is 78.8 Å². The van der Waals surface area contributed by atoms with Gasteiger partial charge in [0.15, 0.2) is 0 Å². The predicted octanol–water partition coefficient (Wildman–Crippen LogP) is -0.124. The molecule has 0 saturated carbocycles. The first-order valence-corrected chi connectivity index (χ1v) is 4.82. The largest absolute Gasteiger partial charge is 0.381 e. The van der Waals surface area contributed by atoms with Gasteiger partial charge in [0.1, 0.15) is 0 Å². The molecule has 4 nitrogen and oxygen atoms in total. The van der Waals surface area contributed by atoms with Crippen LogP contribution in [0.5, 0.6) is 0 Å². The summed E-state index contributed by atoms with van der Waals surface area (Å²) in [6.07, 6.45) is 1.67. The van der Waals surface area contributed by atoms with Gasteiger partial charge in [-0.3, -0.25) is 4.79 Å². The Morgan fingerprint density at radius 3 is 2.77 bits per heavy atom. The lowest BCUT2D eigenvalue weighted by molar-refractivity contribution is -0.128. The highest BCUT2D eigenvalue weighted by Gasteiger charge is 2.21. The van der Waals surface area contributed by atoms with E-state index < -0.39 is 0 Å². The molecule has 1 saturated heterocycles. The van der Waals surface area contributed by atoms with Gasteiger partial charge in [0.2, 0.25) is 5.91 Å². The molecule has 3 N–H and O–H groups in total. The Hall–Kier alpha value is -0.610.